The van der Waals surface area contributed by atoms with Crippen LogP contribution in [0.15, 0.2) is 42.3 Å². The van der Waals surface area contributed by atoms with Crippen LogP contribution in [0.25, 0.3) is 0 Å². The zero-order chi connectivity index (χ0) is 28.7. The van der Waals surface area contributed by atoms with Crippen LogP contribution in [0, 0.1) is 6.92 Å². The first-order valence-corrected chi connectivity index (χ1v) is 7.56. The lowest BCUT2D eigenvalue weighted by Crippen LogP contribution is -2.17. The molecule has 136 valence electrons. The van der Waals surface area contributed by atoms with Crippen molar-refractivity contribution >= 4 is 0 Å². The molecule has 4 nitrogen and oxygen atoms in total. The molecular weight excluding hydrogens is 316 g/mol. The van der Waals surface area contributed by atoms with Gasteiger partial charge in [-0.25, -0.2) is 0 Å². The smallest absolute Gasteiger partial charge is 0.160 e. The van der Waals surface area contributed by atoms with E-state index in [0.29, 0.717) is 0 Å². The van der Waals surface area contributed by atoms with Crippen molar-refractivity contribution in [2.24, 2.45) is 0 Å². The second-order valence-corrected chi connectivity index (χ2v) is 4.95. The summed E-state index contributed by atoms with van der Waals surface area (Å²) in [6.45, 7) is -1.89. The molecule has 0 aliphatic carbocycles. The molecule has 0 aromatic heterocycles. The SMILES string of the molecule is [2H]c1c([2H])c(C)c([2H])c(OC([2H])([2H])C([2H])(O)CCCC([2H])([2H])c2c([2H])c([2H])c(OC)c(OC)c2[2H])c1[2H]. The van der Waals surface area contributed by atoms with E-state index in [2.05, 4.69) is 0 Å². The Labute approximate surface area is 167 Å². The molecule has 0 spiro atoms. The Hall–Kier alpha value is -2.20. The average Bonchev–Trinajstić information content (AvgIpc) is 2.80. The molecule has 0 aliphatic heterocycles. The molecule has 0 radical (unpaired) electrons. The maximum absolute atomic E-state index is 10.5. The third-order valence-electron chi connectivity index (χ3n) is 3.04. The Morgan fingerprint density at radius 3 is 2.68 bits per heavy atom. The second-order valence-electron chi connectivity index (χ2n) is 4.95. The van der Waals surface area contributed by atoms with E-state index in [1.807, 2.05) is 0 Å². The topological polar surface area (TPSA) is 47.9 Å². The van der Waals surface area contributed by atoms with Crippen LogP contribution in [0.5, 0.6) is 17.2 Å². The van der Waals surface area contributed by atoms with Crippen molar-refractivity contribution in [2.45, 2.75) is 38.6 Å². The summed E-state index contributed by atoms with van der Waals surface area (Å²) in [6.07, 6.45) is -6.90. The van der Waals surface area contributed by atoms with E-state index >= 15 is 0 Å². The molecule has 2 aromatic carbocycles. The Morgan fingerprint density at radius 1 is 1.12 bits per heavy atom. The maximum atomic E-state index is 10.5. The van der Waals surface area contributed by atoms with Crippen LogP contribution < -0.4 is 14.2 Å². The number of hydrogen-bond donors (Lipinski definition) is 1. The number of hydrogen-bond acceptors (Lipinski definition) is 4. The average molecular weight is 357 g/mol. The number of rotatable bonds is 10. The molecule has 1 N–H and O–H groups in total. The molecular formula is C21H28O4. The van der Waals surface area contributed by atoms with Crippen LogP contribution in [-0.4, -0.2) is 32.0 Å². The molecule has 0 heterocycles. The van der Waals surface area contributed by atoms with Crippen molar-refractivity contribution in [2.75, 3.05) is 20.8 Å². The molecule has 0 amide bonds. The third-order valence-corrected chi connectivity index (χ3v) is 3.04. The summed E-state index contributed by atoms with van der Waals surface area (Å²) >= 11 is 0. The molecule has 2 aromatic rings. The zero-order valence-corrected chi connectivity index (χ0v) is 14.3. The van der Waals surface area contributed by atoms with Crippen LogP contribution in [0.2, 0.25) is 0 Å². The molecule has 4 heteroatoms. The van der Waals surface area contributed by atoms with E-state index in [0.717, 1.165) is 0 Å². The summed E-state index contributed by atoms with van der Waals surface area (Å²) in [5.41, 5.74) is -0.510. The maximum Gasteiger partial charge on any atom is 0.160 e. The molecule has 0 fully saturated rings. The second kappa shape index (κ2) is 9.94. The highest BCUT2D eigenvalue weighted by molar-refractivity contribution is 5.42. The van der Waals surface area contributed by atoms with Crippen LogP contribution >= 0.6 is 0 Å². The van der Waals surface area contributed by atoms with Crippen molar-refractivity contribution in [3.63, 3.8) is 0 Å². The molecule has 2 rings (SSSR count). The number of aliphatic hydroxyl groups is 1. The quantitative estimate of drug-likeness (QED) is 0.694. The van der Waals surface area contributed by atoms with Gasteiger partial charge in [0.15, 0.2) is 11.5 Å². The van der Waals surface area contributed by atoms with E-state index in [1.165, 1.54) is 21.1 Å². The van der Waals surface area contributed by atoms with Crippen molar-refractivity contribution in [1.82, 2.24) is 0 Å². The van der Waals surface area contributed by atoms with Gasteiger partial charge in [0.05, 0.1) is 34.0 Å². The van der Waals surface area contributed by atoms with Gasteiger partial charge in [0, 0.05) is 2.74 Å². The van der Waals surface area contributed by atoms with Crippen molar-refractivity contribution in [1.29, 1.82) is 0 Å². The fourth-order valence-corrected chi connectivity index (χ4v) is 1.85. The highest BCUT2D eigenvalue weighted by Crippen LogP contribution is 2.28. The minimum atomic E-state index is -3.20. The highest BCUT2D eigenvalue weighted by Gasteiger charge is 2.07. The van der Waals surface area contributed by atoms with Gasteiger partial charge in [0.1, 0.15) is 12.3 Å². The van der Waals surface area contributed by atoms with Gasteiger partial charge in [-0.15, -0.1) is 0 Å². The van der Waals surface area contributed by atoms with E-state index in [4.69, 9.17) is 30.7 Å². The summed E-state index contributed by atoms with van der Waals surface area (Å²) < 4.78 is 112. The predicted molar refractivity (Wildman–Crippen MR) is 99.8 cm³/mol. The monoisotopic (exact) mass is 356 g/mol. The Balaban J connectivity index is 2.30. The third kappa shape index (κ3) is 6.31. The fraction of sp³-hybridized carbons (Fsp3) is 0.429. The van der Waals surface area contributed by atoms with Crippen LogP contribution in [0.4, 0.5) is 0 Å². The van der Waals surface area contributed by atoms with Crippen LogP contribution in [-0.2, 0) is 6.37 Å². The summed E-state index contributed by atoms with van der Waals surface area (Å²) in [5.74, 6) is -1.14. The highest BCUT2D eigenvalue weighted by atomic mass is 16.5. The van der Waals surface area contributed by atoms with Crippen LogP contribution in [0.3, 0.4) is 0 Å². The minimum Gasteiger partial charge on any atom is -0.493 e. The van der Waals surface area contributed by atoms with E-state index in [-0.39, 0.29) is 23.5 Å². The van der Waals surface area contributed by atoms with Gasteiger partial charge in [-0.3, -0.25) is 0 Å². The van der Waals surface area contributed by atoms with Crippen LogP contribution in [0.1, 0.15) is 46.8 Å². The minimum absolute atomic E-state index is 0.0467. The first-order valence-electron chi connectivity index (χ1n) is 13.6. The lowest BCUT2D eigenvalue weighted by molar-refractivity contribution is 0.0976. The molecule has 0 aliphatic rings. The molecule has 25 heavy (non-hydrogen) atoms. The lowest BCUT2D eigenvalue weighted by Gasteiger charge is -2.13. The van der Waals surface area contributed by atoms with Gasteiger partial charge < -0.3 is 19.3 Å². The van der Waals surface area contributed by atoms with Gasteiger partial charge in [-0.1, -0.05) is 24.5 Å². The van der Waals surface area contributed by atoms with Gasteiger partial charge in [-0.2, -0.15) is 0 Å². The Morgan fingerprint density at radius 2 is 1.92 bits per heavy atom. The van der Waals surface area contributed by atoms with E-state index in [1.54, 1.807) is 0 Å². The number of benzene rings is 2. The fourth-order valence-electron chi connectivity index (χ4n) is 1.85. The van der Waals surface area contributed by atoms with Gasteiger partial charge >= 0.3 is 0 Å². The molecule has 0 saturated heterocycles. The van der Waals surface area contributed by atoms with Gasteiger partial charge in [0.2, 0.25) is 0 Å². The Kier molecular flexibility index (Phi) is 3.36. The normalized spacial score (nSPS) is 21.1. The van der Waals surface area contributed by atoms with Crippen molar-refractivity contribution in [3.8, 4) is 17.2 Å². The lowest BCUT2D eigenvalue weighted by atomic mass is 10.0. The Bertz CT molecular complexity index is 1150. The van der Waals surface area contributed by atoms with Crippen molar-refractivity contribution < 1.29 is 35.8 Å². The van der Waals surface area contributed by atoms with E-state index in [9.17, 15) is 5.11 Å². The number of ether oxygens (including phenoxy) is 3. The summed E-state index contributed by atoms with van der Waals surface area (Å²) in [6, 6.07) is -3.89. The standard InChI is InChI=1S/C21H28O4/c1-16-7-6-10-19(13-16)25-15-18(22)9-5-4-8-17-11-12-20(23-2)21(14-17)24-3/h6-7,10-14,18,22H,4-5,8-9,15H2,1-3H3/i6D,7D,8D2,10D,11D,12D,13D,14D,15D2,18D. The first kappa shape index (κ1) is 8.45. The molecule has 1 unspecified atom stereocenters. The van der Waals surface area contributed by atoms with Gasteiger partial charge in [0.25, 0.3) is 0 Å². The molecule has 0 bridgehead atoms. The van der Waals surface area contributed by atoms with Crippen molar-refractivity contribution in [3.05, 3.63) is 53.4 Å². The molecule has 1 atom stereocenters. The summed E-state index contributed by atoms with van der Waals surface area (Å²) in [7, 11) is 2.42. The first-order chi connectivity index (χ1) is 16.9. The number of methoxy groups -OCH3 is 2. The molecule has 0 saturated carbocycles. The predicted octanol–water partition coefficient (Wildman–Crippen LogP) is 4.16. The van der Waals surface area contributed by atoms with Gasteiger partial charge in [-0.05, 0) is 61.4 Å². The summed E-state index contributed by atoms with van der Waals surface area (Å²) in [5, 5.41) is 10.5. The van der Waals surface area contributed by atoms with E-state index < -0.39 is 85.5 Å². The zero-order valence-electron chi connectivity index (χ0n) is 26.3. The largest absolute Gasteiger partial charge is 0.493 e. The summed E-state index contributed by atoms with van der Waals surface area (Å²) in [4.78, 5) is 0.